The van der Waals surface area contributed by atoms with Gasteiger partial charge in [0.2, 0.25) is 0 Å². The molecule has 0 spiro atoms. The maximum absolute atomic E-state index is 10.1. The number of para-hydroxylation sites is 2. The first-order chi connectivity index (χ1) is 9.68. The molecular formula is C16H14N2O2. The summed E-state index contributed by atoms with van der Waals surface area (Å²) in [7, 11) is 0. The minimum atomic E-state index is -0.505. The Balaban J connectivity index is 0.000000147. The Labute approximate surface area is 116 Å². The molecule has 0 aliphatic carbocycles. The van der Waals surface area contributed by atoms with Gasteiger partial charge in [0, 0.05) is 6.07 Å². The van der Waals surface area contributed by atoms with Gasteiger partial charge in [0.25, 0.3) is 5.69 Å². The van der Waals surface area contributed by atoms with Crippen LogP contribution in [0.5, 0.6) is 0 Å². The molecule has 0 heterocycles. The van der Waals surface area contributed by atoms with Crippen LogP contribution in [-0.2, 0) is 0 Å². The number of hydrogen-bond donors (Lipinski definition) is 1. The van der Waals surface area contributed by atoms with Gasteiger partial charge >= 0.3 is 0 Å². The molecule has 100 valence electrons. The van der Waals surface area contributed by atoms with E-state index in [2.05, 4.69) is 48.5 Å². The molecular weight excluding hydrogens is 252 g/mol. The molecule has 4 nitrogen and oxygen atoms in total. The lowest BCUT2D eigenvalue weighted by atomic mass is 10.1. The highest BCUT2D eigenvalue weighted by molar-refractivity contribution is 5.82. The topological polar surface area (TPSA) is 69.2 Å². The predicted molar refractivity (Wildman–Crippen MR) is 81.5 cm³/mol. The van der Waals surface area contributed by atoms with Gasteiger partial charge in [-0.15, -0.1) is 0 Å². The van der Waals surface area contributed by atoms with Crippen LogP contribution in [0.2, 0.25) is 0 Å². The second-order valence-electron chi connectivity index (χ2n) is 4.16. The Hall–Kier alpha value is -2.88. The molecule has 0 amide bonds. The van der Waals surface area contributed by atoms with Crippen molar-refractivity contribution in [2.75, 3.05) is 5.73 Å². The lowest BCUT2D eigenvalue weighted by Crippen LogP contribution is -1.93. The molecule has 2 N–H and O–H groups in total. The molecule has 3 aromatic rings. The highest BCUT2D eigenvalue weighted by Gasteiger charge is 2.07. The second-order valence-corrected chi connectivity index (χ2v) is 4.16. The molecule has 0 radical (unpaired) electrons. The first-order valence-corrected chi connectivity index (χ1v) is 6.11. The zero-order valence-corrected chi connectivity index (χ0v) is 10.8. The SMILES string of the molecule is Nc1ccccc1[N+](=O)[O-].c1ccc2ccccc2c1. The molecule has 0 saturated heterocycles. The first-order valence-electron chi connectivity index (χ1n) is 6.11. The van der Waals surface area contributed by atoms with E-state index in [1.165, 1.54) is 22.9 Å². The smallest absolute Gasteiger partial charge is 0.292 e. The van der Waals surface area contributed by atoms with Gasteiger partial charge in [0.1, 0.15) is 5.69 Å². The number of hydrogen-bond acceptors (Lipinski definition) is 3. The van der Waals surface area contributed by atoms with Gasteiger partial charge in [-0.1, -0.05) is 60.7 Å². The molecule has 3 rings (SSSR count). The molecule has 20 heavy (non-hydrogen) atoms. The summed E-state index contributed by atoms with van der Waals surface area (Å²) < 4.78 is 0. The van der Waals surface area contributed by atoms with E-state index < -0.39 is 4.92 Å². The van der Waals surface area contributed by atoms with Crippen molar-refractivity contribution >= 4 is 22.1 Å². The van der Waals surface area contributed by atoms with Crippen molar-refractivity contribution in [3.8, 4) is 0 Å². The minimum Gasteiger partial charge on any atom is -0.393 e. The summed E-state index contributed by atoms with van der Waals surface area (Å²) in [6.07, 6.45) is 0. The Morgan fingerprint density at radius 1 is 0.750 bits per heavy atom. The first kappa shape index (κ1) is 13.5. The van der Waals surface area contributed by atoms with Gasteiger partial charge in [0.15, 0.2) is 0 Å². The van der Waals surface area contributed by atoms with Gasteiger partial charge in [-0.2, -0.15) is 0 Å². The van der Waals surface area contributed by atoms with Gasteiger partial charge in [-0.05, 0) is 16.8 Å². The van der Waals surface area contributed by atoms with Crippen molar-refractivity contribution in [1.82, 2.24) is 0 Å². The molecule has 0 saturated carbocycles. The zero-order chi connectivity index (χ0) is 14.4. The normalized spacial score (nSPS) is 9.60. The van der Waals surface area contributed by atoms with Crippen molar-refractivity contribution in [3.63, 3.8) is 0 Å². The molecule has 3 aromatic carbocycles. The summed E-state index contributed by atoms with van der Waals surface area (Å²) in [6.45, 7) is 0. The lowest BCUT2D eigenvalue weighted by Gasteiger charge is -1.92. The zero-order valence-electron chi connectivity index (χ0n) is 10.8. The number of nitro groups is 1. The van der Waals surface area contributed by atoms with E-state index in [0.29, 0.717) is 0 Å². The van der Waals surface area contributed by atoms with E-state index in [4.69, 9.17) is 5.73 Å². The van der Waals surface area contributed by atoms with Gasteiger partial charge in [-0.25, -0.2) is 0 Å². The number of nitro benzene ring substituents is 1. The highest BCUT2D eigenvalue weighted by atomic mass is 16.6. The fourth-order valence-electron chi connectivity index (χ4n) is 1.79. The summed E-state index contributed by atoms with van der Waals surface area (Å²) in [5, 5.41) is 12.8. The third-order valence-electron chi connectivity index (χ3n) is 2.79. The van der Waals surface area contributed by atoms with Crippen molar-refractivity contribution in [2.45, 2.75) is 0 Å². The van der Waals surface area contributed by atoms with Crippen LogP contribution in [0.3, 0.4) is 0 Å². The van der Waals surface area contributed by atoms with Crippen LogP contribution in [0.1, 0.15) is 0 Å². The Morgan fingerprint density at radius 2 is 1.15 bits per heavy atom. The molecule has 0 bridgehead atoms. The standard InChI is InChI=1S/C10H8.C6H6N2O2/c1-2-6-10-8-4-3-7-9(10)5-1;7-5-3-1-2-4-6(5)8(9)10/h1-8H;1-4H,7H2. The summed E-state index contributed by atoms with van der Waals surface area (Å²) >= 11 is 0. The molecule has 4 heteroatoms. The third-order valence-corrected chi connectivity index (χ3v) is 2.79. The Kier molecular flexibility index (Phi) is 4.29. The number of anilines is 1. The minimum absolute atomic E-state index is 0.0394. The van der Waals surface area contributed by atoms with Gasteiger partial charge < -0.3 is 5.73 Å². The highest BCUT2D eigenvalue weighted by Crippen LogP contribution is 2.18. The number of nitrogens with zero attached hydrogens (tertiary/aromatic N) is 1. The summed E-state index contributed by atoms with van der Waals surface area (Å²) in [6, 6.07) is 22.8. The second kappa shape index (κ2) is 6.33. The van der Waals surface area contributed by atoms with Crippen LogP contribution in [0.15, 0.2) is 72.8 Å². The average Bonchev–Trinajstić information content (AvgIpc) is 2.48. The van der Waals surface area contributed by atoms with E-state index >= 15 is 0 Å². The summed E-state index contributed by atoms with van der Waals surface area (Å²) in [5.74, 6) is 0. The van der Waals surface area contributed by atoms with E-state index in [-0.39, 0.29) is 11.4 Å². The maximum Gasteiger partial charge on any atom is 0.292 e. The van der Waals surface area contributed by atoms with Crippen LogP contribution in [0.25, 0.3) is 10.8 Å². The van der Waals surface area contributed by atoms with E-state index in [0.717, 1.165) is 0 Å². The molecule has 0 aliphatic rings. The van der Waals surface area contributed by atoms with Crippen LogP contribution >= 0.6 is 0 Å². The van der Waals surface area contributed by atoms with Crippen LogP contribution in [0, 0.1) is 10.1 Å². The van der Waals surface area contributed by atoms with Gasteiger partial charge in [-0.3, -0.25) is 10.1 Å². The van der Waals surface area contributed by atoms with Crippen molar-refractivity contribution < 1.29 is 4.92 Å². The third kappa shape index (κ3) is 3.32. The maximum atomic E-state index is 10.1. The summed E-state index contributed by atoms with van der Waals surface area (Å²) in [5.41, 5.74) is 5.44. The van der Waals surface area contributed by atoms with Crippen LogP contribution in [-0.4, -0.2) is 4.92 Å². The van der Waals surface area contributed by atoms with Crippen molar-refractivity contribution in [2.24, 2.45) is 0 Å². The van der Waals surface area contributed by atoms with E-state index in [1.807, 2.05) is 0 Å². The number of nitrogen functional groups attached to an aromatic ring is 1. The molecule has 0 aliphatic heterocycles. The van der Waals surface area contributed by atoms with Crippen LogP contribution < -0.4 is 5.73 Å². The lowest BCUT2D eigenvalue weighted by molar-refractivity contribution is -0.383. The van der Waals surface area contributed by atoms with Crippen molar-refractivity contribution in [1.29, 1.82) is 0 Å². The quantitative estimate of drug-likeness (QED) is 0.411. The van der Waals surface area contributed by atoms with Crippen molar-refractivity contribution in [3.05, 3.63) is 82.9 Å². The molecule has 0 fully saturated rings. The number of rotatable bonds is 1. The molecule has 0 aromatic heterocycles. The molecule has 0 atom stereocenters. The van der Waals surface area contributed by atoms with Crippen LogP contribution in [0.4, 0.5) is 11.4 Å². The number of nitrogens with two attached hydrogens (primary N) is 1. The fraction of sp³-hybridized carbons (Fsp3) is 0. The number of benzene rings is 3. The molecule has 0 unspecified atom stereocenters. The monoisotopic (exact) mass is 266 g/mol. The largest absolute Gasteiger partial charge is 0.393 e. The van der Waals surface area contributed by atoms with E-state index in [9.17, 15) is 10.1 Å². The van der Waals surface area contributed by atoms with Gasteiger partial charge in [0.05, 0.1) is 4.92 Å². The Bertz CT molecular complexity index is 661. The predicted octanol–water partition coefficient (Wildman–Crippen LogP) is 4.02. The summed E-state index contributed by atoms with van der Waals surface area (Å²) in [4.78, 5) is 9.64. The average molecular weight is 266 g/mol. The van der Waals surface area contributed by atoms with E-state index in [1.54, 1.807) is 12.1 Å². The number of fused-ring (bicyclic) bond motifs is 1. The fourth-order valence-corrected chi connectivity index (χ4v) is 1.79. The Morgan fingerprint density at radius 3 is 1.50 bits per heavy atom.